The number of Topliss-reactive ketones (excluding diaryl/α,β-unsaturated/α-hetero) is 1. The zero-order valence-electron chi connectivity index (χ0n) is 10.00. The Morgan fingerprint density at radius 2 is 1.80 bits per heavy atom. The van der Waals surface area contributed by atoms with E-state index in [1.165, 1.54) is 12.1 Å². The van der Waals surface area contributed by atoms with Crippen LogP contribution < -0.4 is 4.74 Å². The van der Waals surface area contributed by atoms with Gasteiger partial charge in [0.2, 0.25) is 0 Å². The summed E-state index contributed by atoms with van der Waals surface area (Å²) in [5, 5.41) is 0. The van der Waals surface area contributed by atoms with Crippen molar-refractivity contribution in [1.29, 1.82) is 0 Å². The van der Waals surface area contributed by atoms with Crippen molar-refractivity contribution in [1.82, 2.24) is 0 Å². The molecule has 0 amide bonds. The second-order valence-electron chi connectivity index (χ2n) is 3.95. The summed E-state index contributed by atoms with van der Waals surface area (Å²) < 4.78 is 44.4. The Balaban J connectivity index is 2.06. The molecule has 0 unspecified atom stereocenters. The summed E-state index contributed by atoms with van der Waals surface area (Å²) in [7, 11) is 0. The minimum Gasteiger partial charge on any atom is -0.485 e. The normalized spacial score (nSPS) is 10.4. The minimum absolute atomic E-state index is 0.0145. The number of hydrogen-bond donors (Lipinski definition) is 0. The molecule has 104 valence electrons. The van der Waals surface area contributed by atoms with Gasteiger partial charge in [0.25, 0.3) is 0 Å². The van der Waals surface area contributed by atoms with Gasteiger partial charge >= 0.3 is 0 Å². The molecule has 0 spiro atoms. The number of hydrogen-bond acceptors (Lipinski definition) is 2. The SMILES string of the molecule is O=C(COc1cc(F)cc(Br)c1)c1ccc(F)c(F)c1. The molecule has 0 aliphatic heterocycles. The molecule has 0 N–H and O–H groups in total. The summed E-state index contributed by atoms with van der Waals surface area (Å²) in [6.07, 6.45) is 0. The van der Waals surface area contributed by atoms with Gasteiger partial charge in [0, 0.05) is 16.1 Å². The van der Waals surface area contributed by atoms with Gasteiger partial charge in [-0.15, -0.1) is 0 Å². The first-order valence-electron chi connectivity index (χ1n) is 5.53. The molecule has 6 heteroatoms. The average Bonchev–Trinajstić information content (AvgIpc) is 2.38. The number of carbonyl (C=O) groups excluding carboxylic acids is 1. The summed E-state index contributed by atoms with van der Waals surface area (Å²) in [5.74, 6) is -3.03. The van der Waals surface area contributed by atoms with E-state index >= 15 is 0 Å². The molecule has 0 saturated heterocycles. The molecule has 20 heavy (non-hydrogen) atoms. The number of benzene rings is 2. The topological polar surface area (TPSA) is 26.3 Å². The van der Waals surface area contributed by atoms with Crippen LogP contribution in [-0.4, -0.2) is 12.4 Å². The van der Waals surface area contributed by atoms with Gasteiger partial charge in [0.05, 0.1) is 0 Å². The van der Waals surface area contributed by atoms with Crippen LogP contribution in [0.4, 0.5) is 13.2 Å². The van der Waals surface area contributed by atoms with Crippen LogP contribution in [-0.2, 0) is 0 Å². The van der Waals surface area contributed by atoms with Gasteiger partial charge < -0.3 is 4.74 Å². The highest BCUT2D eigenvalue weighted by Gasteiger charge is 2.11. The van der Waals surface area contributed by atoms with Crippen molar-refractivity contribution in [3.05, 3.63) is 63.9 Å². The Morgan fingerprint density at radius 3 is 2.45 bits per heavy atom. The van der Waals surface area contributed by atoms with E-state index in [1.54, 1.807) is 0 Å². The highest BCUT2D eigenvalue weighted by molar-refractivity contribution is 9.10. The number of ketones is 1. The first-order chi connectivity index (χ1) is 9.45. The van der Waals surface area contributed by atoms with E-state index in [1.807, 2.05) is 0 Å². The minimum atomic E-state index is -1.11. The van der Waals surface area contributed by atoms with Crippen LogP contribution in [0.3, 0.4) is 0 Å². The first-order valence-corrected chi connectivity index (χ1v) is 6.32. The van der Waals surface area contributed by atoms with Crippen molar-refractivity contribution in [3.8, 4) is 5.75 Å². The van der Waals surface area contributed by atoms with Crippen LogP contribution in [0.25, 0.3) is 0 Å². The number of ether oxygens (including phenoxy) is 1. The fraction of sp³-hybridized carbons (Fsp3) is 0.0714. The maximum absolute atomic E-state index is 13.1. The van der Waals surface area contributed by atoms with E-state index in [-0.39, 0.29) is 11.3 Å². The fourth-order valence-corrected chi connectivity index (χ4v) is 1.96. The third kappa shape index (κ3) is 3.60. The van der Waals surface area contributed by atoms with Crippen molar-refractivity contribution < 1.29 is 22.7 Å². The van der Waals surface area contributed by atoms with Gasteiger partial charge in [-0.3, -0.25) is 4.79 Å². The molecule has 0 aliphatic rings. The highest BCUT2D eigenvalue weighted by atomic mass is 79.9. The Morgan fingerprint density at radius 1 is 1.05 bits per heavy atom. The molecule has 0 atom stereocenters. The lowest BCUT2D eigenvalue weighted by Crippen LogP contribution is -2.12. The smallest absolute Gasteiger partial charge is 0.200 e. The van der Waals surface area contributed by atoms with Crippen molar-refractivity contribution in [2.75, 3.05) is 6.61 Å². The third-order valence-electron chi connectivity index (χ3n) is 2.45. The Hall–Kier alpha value is -1.82. The number of carbonyl (C=O) groups is 1. The van der Waals surface area contributed by atoms with Crippen LogP contribution in [0, 0.1) is 17.5 Å². The van der Waals surface area contributed by atoms with Crippen LogP contribution in [0.5, 0.6) is 5.75 Å². The third-order valence-corrected chi connectivity index (χ3v) is 2.91. The van der Waals surface area contributed by atoms with Gasteiger partial charge in [0.15, 0.2) is 24.0 Å². The molecule has 2 nitrogen and oxygen atoms in total. The molecule has 0 aliphatic carbocycles. The average molecular weight is 345 g/mol. The van der Waals surface area contributed by atoms with Crippen LogP contribution in [0.1, 0.15) is 10.4 Å². The first kappa shape index (κ1) is 14.6. The van der Waals surface area contributed by atoms with E-state index in [9.17, 15) is 18.0 Å². The largest absolute Gasteiger partial charge is 0.485 e. The summed E-state index contributed by atoms with van der Waals surface area (Å²) in [6.45, 7) is -0.402. The van der Waals surface area contributed by atoms with E-state index in [2.05, 4.69) is 15.9 Å². The lowest BCUT2D eigenvalue weighted by Gasteiger charge is -2.06. The lowest BCUT2D eigenvalue weighted by molar-refractivity contribution is 0.0920. The van der Waals surface area contributed by atoms with E-state index < -0.39 is 29.8 Å². The second-order valence-corrected chi connectivity index (χ2v) is 4.86. The Bertz CT molecular complexity index is 639. The van der Waals surface area contributed by atoms with Crippen LogP contribution >= 0.6 is 15.9 Å². The van der Waals surface area contributed by atoms with Gasteiger partial charge in [0.1, 0.15) is 11.6 Å². The second kappa shape index (κ2) is 6.09. The van der Waals surface area contributed by atoms with Crippen molar-refractivity contribution in [3.63, 3.8) is 0 Å². The van der Waals surface area contributed by atoms with E-state index in [0.29, 0.717) is 4.47 Å². The molecule has 2 aromatic carbocycles. The lowest BCUT2D eigenvalue weighted by atomic mass is 10.1. The van der Waals surface area contributed by atoms with Gasteiger partial charge in [-0.25, -0.2) is 13.2 Å². The maximum Gasteiger partial charge on any atom is 0.200 e. The quantitative estimate of drug-likeness (QED) is 0.779. The number of rotatable bonds is 4. The molecule has 0 heterocycles. The zero-order valence-corrected chi connectivity index (χ0v) is 11.6. The standard InChI is InChI=1S/C14H8BrF3O2/c15-9-4-10(16)6-11(5-9)20-7-14(19)8-1-2-12(17)13(18)3-8/h1-6H,7H2. The molecule has 0 aromatic heterocycles. The molecule has 0 saturated carbocycles. The van der Waals surface area contributed by atoms with Crippen LogP contribution in [0.2, 0.25) is 0 Å². The van der Waals surface area contributed by atoms with Crippen molar-refractivity contribution >= 4 is 21.7 Å². The predicted molar refractivity (Wildman–Crippen MR) is 70.3 cm³/mol. The number of halogens is 4. The fourth-order valence-electron chi connectivity index (χ4n) is 1.51. The Kier molecular flexibility index (Phi) is 4.44. The molecule has 0 fully saturated rings. The monoisotopic (exact) mass is 344 g/mol. The Labute approximate surface area is 121 Å². The molecular formula is C14H8BrF3O2. The zero-order chi connectivity index (χ0) is 14.7. The predicted octanol–water partition coefficient (Wildman–Crippen LogP) is 4.13. The van der Waals surface area contributed by atoms with Crippen molar-refractivity contribution in [2.45, 2.75) is 0 Å². The summed E-state index contributed by atoms with van der Waals surface area (Å²) in [4.78, 5) is 11.7. The van der Waals surface area contributed by atoms with Gasteiger partial charge in [-0.1, -0.05) is 15.9 Å². The van der Waals surface area contributed by atoms with Crippen molar-refractivity contribution in [2.24, 2.45) is 0 Å². The molecule has 0 bridgehead atoms. The molecular weight excluding hydrogens is 337 g/mol. The van der Waals surface area contributed by atoms with E-state index in [0.717, 1.165) is 24.3 Å². The molecule has 2 aromatic rings. The summed E-state index contributed by atoms with van der Waals surface area (Å²) in [6, 6.07) is 6.66. The highest BCUT2D eigenvalue weighted by Crippen LogP contribution is 2.20. The van der Waals surface area contributed by atoms with E-state index in [4.69, 9.17) is 4.74 Å². The van der Waals surface area contributed by atoms with Gasteiger partial charge in [-0.05, 0) is 30.3 Å². The van der Waals surface area contributed by atoms with Crippen LogP contribution in [0.15, 0.2) is 40.9 Å². The maximum atomic E-state index is 13.1. The summed E-state index contributed by atoms with van der Waals surface area (Å²) >= 11 is 3.09. The molecule has 2 rings (SSSR count). The molecule has 0 radical (unpaired) electrons. The van der Waals surface area contributed by atoms with Gasteiger partial charge in [-0.2, -0.15) is 0 Å². The summed E-state index contributed by atoms with van der Waals surface area (Å²) in [5.41, 5.74) is -0.0145.